The second-order valence-electron chi connectivity index (χ2n) is 2.87. The van der Waals surface area contributed by atoms with Crippen molar-refractivity contribution in [2.45, 2.75) is 11.8 Å². The molecule has 1 heterocycles. The summed E-state index contributed by atoms with van der Waals surface area (Å²) in [5.41, 5.74) is 5.34. The number of carbonyl (C=O) groups excluding carboxylic acids is 2. The van der Waals surface area contributed by atoms with Crippen molar-refractivity contribution in [3.05, 3.63) is 0 Å². The van der Waals surface area contributed by atoms with Gasteiger partial charge in [-0.15, -0.1) is 0 Å². The summed E-state index contributed by atoms with van der Waals surface area (Å²) < 4.78 is 0. The molecule has 1 aliphatic rings. The average Bonchev–Trinajstić information content (AvgIpc) is 2.41. The Hall–Kier alpha value is -0.590. The predicted molar refractivity (Wildman–Crippen MR) is 51.2 cm³/mol. The van der Waals surface area contributed by atoms with Crippen LogP contribution in [0.4, 0.5) is 4.79 Å². The fourth-order valence-corrected chi connectivity index (χ4v) is 1.91. The van der Waals surface area contributed by atoms with Gasteiger partial charge in [0.15, 0.2) is 0 Å². The molecule has 0 aromatic rings. The van der Waals surface area contributed by atoms with Gasteiger partial charge in [0.2, 0.25) is 0 Å². The van der Waals surface area contributed by atoms with E-state index in [4.69, 9.17) is 5.73 Å². The molecule has 3 N–H and O–H groups in total. The molecule has 1 rings (SSSR count). The minimum atomic E-state index is -0.376. The topological polar surface area (TPSA) is 75.4 Å². The standard InChI is InChI=1S/C7H13N3O2S/c1-10(4-2-3-8)6-5(11)9-7(12)13-6/h6H,2-4,8H2,1H3,(H,9,11,12). The Balaban J connectivity index is 2.42. The fourth-order valence-electron chi connectivity index (χ4n) is 1.09. The van der Waals surface area contributed by atoms with E-state index in [-0.39, 0.29) is 16.5 Å². The molecule has 5 nitrogen and oxygen atoms in total. The second kappa shape index (κ2) is 4.59. The highest BCUT2D eigenvalue weighted by atomic mass is 32.2. The van der Waals surface area contributed by atoms with Crippen molar-refractivity contribution < 1.29 is 9.59 Å². The lowest BCUT2D eigenvalue weighted by molar-refractivity contribution is -0.121. The van der Waals surface area contributed by atoms with Gasteiger partial charge in [-0.25, -0.2) is 0 Å². The van der Waals surface area contributed by atoms with Crippen LogP contribution in [0.5, 0.6) is 0 Å². The Morgan fingerprint density at radius 3 is 2.77 bits per heavy atom. The minimum Gasteiger partial charge on any atom is -0.330 e. The van der Waals surface area contributed by atoms with Crippen LogP contribution in [0.1, 0.15) is 6.42 Å². The summed E-state index contributed by atoms with van der Waals surface area (Å²) in [6.45, 7) is 1.33. The van der Waals surface area contributed by atoms with E-state index in [2.05, 4.69) is 5.32 Å². The van der Waals surface area contributed by atoms with Crippen LogP contribution in [-0.2, 0) is 4.79 Å². The van der Waals surface area contributed by atoms with Crippen molar-refractivity contribution in [3.8, 4) is 0 Å². The van der Waals surface area contributed by atoms with Crippen molar-refractivity contribution in [2.24, 2.45) is 5.73 Å². The summed E-state index contributed by atoms with van der Waals surface area (Å²) in [7, 11) is 1.81. The van der Waals surface area contributed by atoms with Gasteiger partial charge in [-0.2, -0.15) is 0 Å². The molecule has 0 aromatic carbocycles. The Labute approximate surface area is 81.0 Å². The molecule has 2 amide bonds. The summed E-state index contributed by atoms with van der Waals surface area (Å²) in [6, 6.07) is 0. The zero-order valence-corrected chi connectivity index (χ0v) is 8.26. The number of hydrogen-bond acceptors (Lipinski definition) is 5. The van der Waals surface area contributed by atoms with Crippen molar-refractivity contribution in [1.29, 1.82) is 0 Å². The number of amides is 2. The number of likely N-dealkylation sites (N-methyl/N-ethyl adjacent to an activating group) is 1. The number of imide groups is 1. The van der Waals surface area contributed by atoms with Gasteiger partial charge < -0.3 is 5.73 Å². The maximum absolute atomic E-state index is 11.2. The quantitative estimate of drug-likeness (QED) is 0.649. The van der Waals surface area contributed by atoms with Gasteiger partial charge in [0, 0.05) is 6.54 Å². The highest BCUT2D eigenvalue weighted by Crippen LogP contribution is 2.21. The molecule has 1 aliphatic heterocycles. The van der Waals surface area contributed by atoms with Crippen LogP contribution in [0.25, 0.3) is 0 Å². The SMILES string of the molecule is CN(CCCN)C1SC(=O)NC1=O. The van der Waals surface area contributed by atoms with Gasteiger partial charge in [0.25, 0.3) is 11.1 Å². The lowest BCUT2D eigenvalue weighted by Crippen LogP contribution is -2.37. The van der Waals surface area contributed by atoms with E-state index in [0.717, 1.165) is 24.7 Å². The first-order valence-electron chi connectivity index (χ1n) is 4.07. The highest BCUT2D eigenvalue weighted by Gasteiger charge is 2.34. The first-order valence-corrected chi connectivity index (χ1v) is 4.95. The van der Waals surface area contributed by atoms with Crippen LogP contribution >= 0.6 is 11.8 Å². The third kappa shape index (κ3) is 2.68. The summed E-state index contributed by atoms with van der Waals surface area (Å²) in [4.78, 5) is 23.8. The minimum absolute atomic E-state index is 0.227. The average molecular weight is 203 g/mol. The summed E-state index contributed by atoms with van der Waals surface area (Å²) >= 11 is 1.02. The van der Waals surface area contributed by atoms with Gasteiger partial charge >= 0.3 is 0 Å². The number of nitrogens with one attached hydrogen (secondary N) is 1. The van der Waals surface area contributed by atoms with Gasteiger partial charge in [-0.3, -0.25) is 19.8 Å². The summed E-state index contributed by atoms with van der Waals surface area (Å²) in [6.07, 6.45) is 0.828. The van der Waals surface area contributed by atoms with E-state index in [1.165, 1.54) is 0 Å². The Morgan fingerprint density at radius 1 is 1.62 bits per heavy atom. The van der Waals surface area contributed by atoms with Crippen molar-refractivity contribution in [2.75, 3.05) is 20.1 Å². The summed E-state index contributed by atoms with van der Waals surface area (Å²) in [5.74, 6) is -0.227. The molecule has 1 saturated heterocycles. The Kier molecular flexibility index (Phi) is 3.71. The lowest BCUT2D eigenvalue weighted by Gasteiger charge is -2.19. The Morgan fingerprint density at radius 2 is 2.31 bits per heavy atom. The molecule has 1 fully saturated rings. The zero-order valence-electron chi connectivity index (χ0n) is 7.45. The highest BCUT2D eigenvalue weighted by molar-refractivity contribution is 8.15. The number of nitrogens with zero attached hydrogens (tertiary/aromatic N) is 1. The fraction of sp³-hybridized carbons (Fsp3) is 0.714. The predicted octanol–water partition coefficient (Wildman–Crippen LogP) is -0.424. The first-order chi connectivity index (χ1) is 6.15. The molecule has 0 aliphatic carbocycles. The van der Waals surface area contributed by atoms with E-state index >= 15 is 0 Å². The van der Waals surface area contributed by atoms with E-state index in [9.17, 15) is 9.59 Å². The largest absolute Gasteiger partial charge is 0.330 e. The van der Waals surface area contributed by atoms with Gasteiger partial charge in [-0.1, -0.05) is 0 Å². The molecule has 74 valence electrons. The van der Waals surface area contributed by atoms with Crippen molar-refractivity contribution >= 4 is 22.9 Å². The third-order valence-electron chi connectivity index (χ3n) is 1.78. The molecule has 0 radical (unpaired) electrons. The molecular weight excluding hydrogens is 190 g/mol. The molecule has 6 heteroatoms. The monoisotopic (exact) mass is 203 g/mol. The van der Waals surface area contributed by atoms with E-state index in [0.29, 0.717) is 6.54 Å². The van der Waals surface area contributed by atoms with Gasteiger partial charge in [0.1, 0.15) is 5.37 Å². The molecular formula is C7H13N3O2S. The van der Waals surface area contributed by atoms with Crippen LogP contribution in [0.2, 0.25) is 0 Å². The molecule has 0 aromatic heterocycles. The molecule has 1 unspecified atom stereocenters. The van der Waals surface area contributed by atoms with Crippen LogP contribution in [0.3, 0.4) is 0 Å². The maximum Gasteiger partial charge on any atom is 0.287 e. The first kappa shape index (κ1) is 10.5. The molecule has 0 bridgehead atoms. The number of nitrogens with two attached hydrogens (primary N) is 1. The number of rotatable bonds is 4. The third-order valence-corrected chi connectivity index (χ3v) is 2.90. The molecule has 1 atom stereocenters. The van der Waals surface area contributed by atoms with Crippen molar-refractivity contribution in [1.82, 2.24) is 10.2 Å². The lowest BCUT2D eigenvalue weighted by atomic mass is 10.4. The Bertz CT molecular complexity index is 222. The number of thioether (sulfide) groups is 1. The van der Waals surface area contributed by atoms with Crippen LogP contribution in [-0.4, -0.2) is 41.6 Å². The van der Waals surface area contributed by atoms with Gasteiger partial charge in [0.05, 0.1) is 0 Å². The van der Waals surface area contributed by atoms with Crippen LogP contribution in [0, 0.1) is 0 Å². The second-order valence-corrected chi connectivity index (χ2v) is 3.92. The summed E-state index contributed by atoms with van der Waals surface area (Å²) in [5, 5.41) is 1.59. The zero-order chi connectivity index (χ0) is 9.84. The van der Waals surface area contributed by atoms with Crippen LogP contribution in [0.15, 0.2) is 0 Å². The normalized spacial score (nSPS) is 22.5. The number of carbonyl (C=O) groups is 2. The van der Waals surface area contributed by atoms with Crippen LogP contribution < -0.4 is 11.1 Å². The van der Waals surface area contributed by atoms with E-state index in [1.54, 1.807) is 0 Å². The van der Waals surface area contributed by atoms with Crippen molar-refractivity contribution in [3.63, 3.8) is 0 Å². The molecule has 0 saturated carbocycles. The molecule has 13 heavy (non-hydrogen) atoms. The molecule has 0 spiro atoms. The van der Waals surface area contributed by atoms with E-state index < -0.39 is 0 Å². The van der Waals surface area contributed by atoms with E-state index in [1.807, 2.05) is 11.9 Å². The number of hydrogen-bond donors (Lipinski definition) is 2. The van der Waals surface area contributed by atoms with Gasteiger partial charge in [-0.05, 0) is 31.8 Å². The maximum atomic E-state index is 11.2. The smallest absolute Gasteiger partial charge is 0.287 e.